The first-order valence-corrected chi connectivity index (χ1v) is 16.9. The molecule has 4 atom stereocenters. The summed E-state index contributed by atoms with van der Waals surface area (Å²) in [6.45, 7) is 19.3. The normalized spacial score (nSPS) is 16.0. The summed E-state index contributed by atoms with van der Waals surface area (Å²) in [6.07, 6.45) is 6.41. The third kappa shape index (κ3) is 10.7. The van der Waals surface area contributed by atoms with Crippen LogP contribution in [0.2, 0.25) is 0 Å². The van der Waals surface area contributed by atoms with Crippen LogP contribution in [-0.4, -0.2) is 56.4 Å². The fourth-order valence-electron chi connectivity index (χ4n) is 6.26. The second-order valence-corrected chi connectivity index (χ2v) is 13.6. The van der Waals surface area contributed by atoms with E-state index in [2.05, 4.69) is 0 Å². The van der Waals surface area contributed by atoms with E-state index in [9.17, 15) is 19.8 Å². The molecule has 0 aromatic heterocycles. The molecule has 0 heterocycles. The van der Waals surface area contributed by atoms with Crippen molar-refractivity contribution >= 4 is 12.2 Å². The molecular formula is C39H58N2O6. The minimum Gasteiger partial charge on any atom is -0.418 e. The average Bonchev–Trinajstić information content (AvgIpc) is 3.00. The van der Waals surface area contributed by atoms with Gasteiger partial charge >= 0.3 is 12.2 Å². The van der Waals surface area contributed by atoms with Gasteiger partial charge in [0.15, 0.2) is 0 Å². The molecule has 0 saturated carbocycles. The van der Waals surface area contributed by atoms with Gasteiger partial charge < -0.3 is 29.5 Å². The first kappa shape index (κ1) is 39.6. The number of amides is 2. The summed E-state index contributed by atoms with van der Waals surface area (Å²) < 4.78 is 11.0. The van der Waals surface area contributed by atoms with Gasteiger partial charge in [-0.15, -0.1) is 0 Å². The molecule has 0 bridgehead atoms. The molecule has 0 aliphatic carbocycles. The topological polar surface area (TPSA) is 99.5 Å². The summed E-state index contributed by atoms with van der Waals surface area (Å²) in [4.78, 5) is 28.8. The van der Waals surface area contributed by atoms with Crippen LogP contribution in [0.4, 0.5) is 9.59 Å². The molecule has 8 heteroatoms. The minimum absolute atomic E-state index is 0.0167. The molecule has 0 saturated heterocycles. The highest BCUT2D eigenvalue weighted by atomic mass is 16.6. The summed E-state index contributed by atoms with van der Waals surface area (Å²) in [6, 6.07) is 18.8. The summed E-state index contributed by atoms with van der Waals surface area (Å²) >= 11 is 0. The molecule has 2 N–H and O–H groups in total. The minimum atomic E-state index is -1.30. The average molecular weight is 651 g/mol. The third-order valence-electron chi connectivity index (χ3n) is 8.89. The Morgan fingerprint density at radius 2 is 0.894 bits per heavy atom. The number of carbonyl (C=O) groups excluding carboxylic acids is 2. The molecule has 0 radical (unpaired) electrons. The lowest BCUT2D eigenvalue weighted by Gasteiger charge is -2.37. The Hall–Kier alpha value is -3.62. The highest BCUT2D eigenvalue weighted by Crippen LogP contribution is 2.40. The van der Waals surface area contributed by atoms with Gasteiger partial charge in [-0.1, -0.05) is 74.5 Å². The molecule has 2 aromatic rings. The standard InChI is InChI=1S/C39H58N2O6/c1-28(2)40(29(3)4)36(42)46-26-22-32(9)38(44,34-18-13-11-14-19-34)24-17-25-39(45,35-20-15-12-16-21-35)33(10)23-27-47-37(43)41(30(5)6)31(7)8/h11-16,18-23,26-33,44-45H,17,24-25H2,1-10H3/b26-22-,27-23-/t32-,33-,38-,39-/m0/s1. The Bertz CT molecular complexity index is 1180. The second-order valence-electron chi connectivity index (χ2n) is 13.6. The number of ether oxygens (including phenoxy) is 2. The number of carbonyl (C=O) groups is 2. The Labute approximate surface area is 283 Å². The molecule has 260 valence electrons. The molecule has 2 aromatic carbocycles. The van der Waals surface area contributed by atoms with Crippen molar-refractivity contribution in [1.82, 2.24) is 9.80 Å². The van der Waals surface area contributed by atoms with Gasteiger partial charge in [-0.05, 0) is 97.9 Å². The van der Waals surface area contributed by atoms with Crippen LogP contribution in [0.1, 0.15) is 99.6 Å². The van der Waals surface area contributed by atoms with Crippen molar-refractivity contribution in [3.63, 3.8) is 0 Å². The van der Waals surface area contributed by atoms with E-state index >= 15 is 0 Å². The van der Waals surface area contributed by atoms with E-state index in [0.717, 1.165) is 11.1 Å². The van der Waals surface area contributed by atoms with Gasteiger partial charge in [0.1, 0.15) is 0 Å². The number of benzene rings is 2. The van der Waals surface area contributed by atoms with Gasteiger partial charge in [0.05, 0.1) is 23.7 Å². The second kappa shape index (κ2) is 18.1. The zero-order valence-corrected chi connectivity index (χ0v) is 30.1. The van der Waals surface area contributed by atoms with Crippen molar-refractivity contribution in [1.29, 1.82) is 0 Å². The molecule has 0 aliphatic rings. The fraction of sp³-hybridized carbons (Fsp3) is 0.538. The molecule has 0 spiro atoms. The van der Waals surface area contributed by atoms with Crippen molar-refractivity contribution in [2.75, 3.05) is 0 Å². The van der Waals surface area contributed by atoms with Gasteiger partial charge in [-0.25, -0.2) is 9.59 Å². The van der Waals surface area contributed by atoms with Gasteiger partial charge in [-0.3, -0.25) is 0 Å². The molecule has 8 nitrogen and oxygen atoms in total. The van der Waals surface area contributed by atoms with Crippen LogP contribution in [0.5, 0.6) is 0 Å². The van der Waals surface area contributed by atoms with Crippen molar-refractivity contribution in [3.05, 3.63) is 96.5 Å². The Morgan fingerprint density at radius 3 is 1.17 bits per heavy atom. The Kier molecular flexibility index (Phi) is 15.2. The maximum atomic E-state index is 12.7. The maximum absolute atomic E-state index is 12.7. The summed E-state index contributed by atoms with van der Waals surface area (Å²) in [7, 11) is 0. The first-order valence-electron chi connectivity index (χ1n) is 16.9. The smallest absolute Gasteiger partial charge is 0.415 e. The summed E-state index contributed by atoms with van der Waals surface area (Å²) in [5, 5.41) is 24.4. The largest absolute Gasteiger partial charge is 0.418 e. The Morgan fingerprint density at radius 1 is 0.596 bits per heavy atom. The van der Waals surface area contributed by atoms with Crippen LogP contribution in [0.15, 0.2) is 85.3 Å². The van der Waals surface area contributed by atoms with Gasteiger partial charge in [-0.2, -0.15) is 0 Å². The van der Waals surface area contributed by atoms with E-state index < -0.39 is 35.2 Å². The third-order valence-corrected chi connectivity index (χ3v) is 8.89. The van der Waals surface area contributed by atoms with Crippen molar-refractivity contribution < 1.29 is 29.3 Å². The van der Waals surface area contributed by atoms with Crippen LogP contribution in [0.25, 0.3) is 0 Å². The van der Waals surface area contributed by atoms with Crippen LogP contribution >= 0.6 is 0 Å². The SMILES string of the molecule is CC(C)N(C(=O)O/C=C\[C@H](C)[C@@](O)(CCC[C@@](O)(c1ccccc1)[C@@H](C)/C=C\OC(=O)N(C(C)C)C(C)C)c1ccccc1)C(C)C. The van der Waals surface area contributed by atoms with Crippen LogP contribution in [0, 0.1) is 11.8 Å². The van der Waals surface area contributed by atoms with Gasteiger partial charge in [0, 0.05) is 36.0 Å². The monoisotopic (exact) mass is 650 g/mol. The van der Waals surface area contributed by atoms with Crippen LogP contribution in [0.3, 0.4) is 0 Å². The van der Waals surface area contributed by atoms with Crippen molar-refractivity contribution in [3.8, 4) is 0 Å². The zero-order chi connectivity index (χ0) is 35.4. The van der Waals surface area contributed by atoms with E-state index in [1.54, 1.807) is 22.0 Å². The first-order chi connectivity index (χ1) is 22.1. The van der Waals surface area contributed by atoms with Crippen LogP contribution < -0.4 is 0 Å². The predicted octanol–water partition coefficient (Wildman–Crippen LogP) is 8.74. The lowest BCUT2D eigenvalue weighted by Crippen LogP contribution is -2.41. The number of rotatable bonds is 16. The van der Waals surface area contributed by atoms with Gasteiger partial charge in [0.25, 0.3) is 0 Å². The number of nitrogens with zero attached hydrogens (tertiary/aromatic N) is 2. The molecule has 0 aliphatic heterocycles. The predicted molar refractivity (Wildman–Crippen MR) is 188 cm³/mol. The molecule has 0 unspecified atom stereocenters. The quantitative estimate of drug-likeness (QED) is 0.176. The van der Waals surface area contributed by atoms with Crippen molar-refractivity contribution in [2.45, 2.75) is 124 Å². The lowest BCUT2D eigenvalue weighted by molar-refractivity contribution is -0.0365. The van der Waals surface area contributed by atoms with Crippen LogP contribution in [-0.2, 0) is 20.7 Å². The fourth-order valence-corrected chi connectivity index (χ4v) is 6.26. The molecular weight excluding hydrogens is 592 g/mol. The Balaban J connectivity index is 2.29. The van der Waals surface area contributed by atoms with E-state index in [1.165, 1.54) is 12.5 Å². The summed E-state index contributed by atoms with van der Waals surface area (Å²) in [5.74, 6) is -0.841. The summed E-state index contributed by atoms with van der Waals surface area (Å²) in [5.41, 5.74) is -1.14. The lowest BCUT2D eigenvalue weighted by atomic mass is 9.74. The number of hydrogen-bond donors (Lipinski definition) is 2. The molecule has 2 rings (SSSR count). The molecule has 0 fully saturated rings. The number of aliphatic hydroxyl groups is 2. The van der Waals surface area contributed by atoms with E-state index in [4.69, 9.17) is 9.47 Å². The van der Waals surface area contributed by atoms with Crippen molar-refractivity contribution in [2.24, 2.45) is 11.8 Å². The molecule has 2 amide bonds. The highest BCUT2D eigenvalue weighted by Gasteiger charge is 2.38. The van der Waals surface area contributed by atoms with E-state index in [1.807, 2.05) is 130 Å². The number of hydrogen-bond acceptors (Lipinski definition) is 6. The van der Waals surface area contributed by atoms with Gasteiger partial charge in [0.2, 0.25) is 0 Å². The molecule has 47 heavy (non-hydrogen) atoms. The highest BCUT2D eigenvalue weighted by molar-refractivity contribution is 5.69. The van der Waals surface area contributed by atoms with E-state index in [-0.39, 0.29) is 24.2 Å². The zero-order valence-electron chi connectivity index (χ0n) is 30.1. The maximum Gasteiger partial charge on any atom is 0.415 e. The van der Waals surface area contributed by atoms with E-state index in [0.29, 0.717) is 19.3 Å².